The van der Waals surface area contributed by atoms with Crippen molar-refractivity contribution < 1.29 is 5.11 Å². The van der Waals surface area contributed by atoms with Crippen LogP contribution in [0, 0.1) is 6.33 Å². The van der Waals surface area contributed by atoms with Crippen LogP contribution in [0.5, 0.6) is 5.75 Å². The van der Waals surface area contributed by atoms with Gasteiger partial charge in [0, 0.05) is 12.3 Å². The smallest absolute Gasteiger partial charge is 0.176 e. The molecule has 2 rings (SSSR count). The van der Waals surface area contributed by atoms with Crippen LogP contribution >= 0.6 is 0 Å². The van der Waals surface area contributed by atoms with Gasteiger partial charge in [0.2, 0.25) is 0 Å². The minimum absolute atomic E-state index is 0.127. The standard InChI is InChI=1S/C6H4N3O/c10-4-1-2-7-6-5(4)8-3-9-6/h1-2H,(H2,7,8,9,10). The van der Waals surface area contributed by atoms with E-state index in [0.717, 1.165) is 0 Å². The van der Waals surface area contributed by atoms with E-state index < -0.39 is 0 Å². The van der Waals surface area contributed by atoms with Gasteiger partial charge in [-0.1, -0.05) is 0 Å². The lowest BCUT2D eigenvalue weighted by Gasteiger charge is -1.88. The highest BCUT2D eigenvalue weighted by Crippen LogP contribution is 2.16. The van der Waals surface area contributed by atoms with Crippen LogP contribution in [-0.4, -0.2) is 20.1 Å². The zero-order chi connectivity index (χ0) is 6.97. The van der Waals surface area contributed by atoms with E-state index >= 15 is 0 Å². The molecule has 0 aliphatic heterocycles. The molecule has 0 saturated carbocycles. The molecule has 0 bridgehead atoms. The Kier molecular flexibility index (Phi) is 0.887. The number of aromatic hydroxyl groups is 1. The Morgan fingerprint density at radius 3 is 3.30 bits per heavy atom. The average Bonchev–Trinajstić information content (AvgIpc) is 2.36. The summed E-state index contributed by atoms with van der Waals surface area (Å²) in [6.07, 6.45) is 3.98. The number of imidazole rings is 1. The van der Waals surface area contributed by atoms with Gasteiger partial charge in [0.05, 0.1) is 0 Å². The topological polar surface area (TPSA) is 61.8 Å². The third-order valence-electron chi connectivity index (χ3n) is 1.24. The zero-order valence-corrected chi connectivity index (χ0v) is 5.00. The van der Waals surface area contributed by atoms with Crippen molar-refractivity contribution in [2.45, 2.75) is 0 Å². The van der Waals surface area contributed by atoms with Gasteiger partial charge < -0.3 is 10.1 Å². The van der Waals surface area contributed by atoms with Crippen molar-refractivity contribution in [3.05, 3.63) is 18.6 Å². The van der Waals surface area contributed by atoms with Crippen molar-refractivity contribution in [1.29, 1.82) is 0 Å². The summed E-state index contributed by atoms with van der Waals surface area (Å²) in [4.78, 5) is 10.3. The fourth-order valence-electron chi connectivity index (χ4n) is 0.782. The van der Waals surface area contributed by atoms with Crippen LogP contribution in [0.15, 0.2) is 12.3 Å². The van der Waals surface area contributed by atoms with Crippen LogP contribution in [0.3, 0.4) is 0 Å². The molecule has 0 fully saturated rings. The summed E-state index contributed by atoms with van der Waals surface area (Å²) in [6, 6.07) is 1.48. The van der Waals surface area contributed by atoms with Crippen molar-refractivity contribution in [1.82, 2.24) is 15.0 Å². The Morgan fingerprint density at radius 1 is 1.60 bits per heavy atom. The van der Waals surface area contributed by atoms with E-state index in [1.807, 2.05) is 0 Å². The van der Waals surface area contributed by atoms with Crippen molar-refractivity contribution >= 4 is 11.2 Å². The summed E-state index contributed by atoms with van der Waals surface area (Å²) in [6.45, 7) is 0. The average molecular weight is 134 g/mol. The first kappa shape index (κ1) is 5.22. The summed E-state index contributed by atoms with van der Waals surface area (Å²) in [5, 5.41) is 9.12. The predicted molar refractivity (Wildman–Crippen MR) is 34.4 cm³/mol. The summed E-state index contributed by atoms with van der Waals surface area (Å²) in [5.74, 6) is 0.127. The van der Waals surface area contributed by atoms with E-state index in [1.165, 1.54) is 12.3 Å². The van der Waals surface area contributed by atoms with Gasteiger partial charge in [-0.15, -0.1) is 0 Å². The second-order valence-electron chi connectivity index (χ2n) is 1.88. The molecule has 1 radical (unpaired) electrons. The maximum atomic E-state index is 9.12. The van der Waals surface area contributed by atoms with E-state index in [4.69, 9.17) is 5.11 Å². The number of hydrogen-bond donors (Lipinski definition) is 2. The first-order valence-corrected chi connectivity index (χ1v) is 2.77. The summed E-state index contributed by atoms with van der Waals surface area (Å²) in [7, 11) is 0. The first-order valence-electron chi connectivity index (χ1n) is 2.77. The Balaban J connectivity index is 2.95. The molecule has 4 nitrogen and oxygen atoms in total. The maximum Gasteiger partial charge on any atom is 0.176 e. The predicted octanol–water partition coefficient (Wildman–Crippen LogP) is 0.464. The molecule has 10 heavy (non-hydrogen) atoms. The van der Waals surface area contributed by atoms with Crippen molar-refractivity contribution in [3.63, 3.8) is 0 Å². The molecule has 2 heterocycles. The molecule has 4 heteroatoms. The SMILES string of the molecule is Oc1ccnc2[nH][c]nc12. The molecule has 49 valence electrons. The molecule has 0 saturated heterocycles. The number of hydrogen-bond acceptors (Lipinski definition) is 3. The normalized spacial score (nSPS) is 10.4. The third-order valence-corrected chi connectivity index (χ3v) is 1.24. The fourth-order valence-corrected chi connectivity index (χ4v) is 0.782. The highest BCUT2D eigenvalue weighted by Gasteiger charge is 2.00. The van der Waals surface area contributed by atoms with Gasteiger partial charge in [0.15, 0.2) is 12.0 Å². The van der Waals surface area contributed by atoms with E-state index in [-0.39, 0.29) is 5.75 Å². The molecule has 0 unspecified atom stereocenters. The highest BCUT2D eigenvalue weighted by molar-refractivity contribution is 5.76. The lowest BCUT2D eigenvalue weighted by Crippen LogP contribution is -1.74. The maximum absolute atomic E-state index is 9.12. The van der Waals surface area contributed by atoms with Gasteiger partial charge in [0.1, 0.15) is 11.3 Å². The van der Waals surface area contributed by atoms with Gasteiger partial charge in [-0.3, -0.25) is 0 Å². The summed E-state index contributed by atoms with van der Waals surface area (Å²) >= 11 is 0. The Hall–Kier alpha value is -1.58. The number of aromatic amines is 1. The van der Waals surface area contributed by atoms with Crippen LogP contribution < -0.4 is 0 Å². The number of pyridine rings is 1. The van der Waals surface area contributed by atoms with E-state index in [2.05, 4.69) is 21.3 Å². The second kappa shape index (κ2) is 1.70. The molecule has 0 spiro atoms. The molecule has 2 N–H and O–H groups in total. The monoisotopic (exact) mass is 134 g/mol. The van der Waals surface area contributed by atoms with Crippen LogP contribution in [-0.2, 0) is 0 Å². The van der Waals surface area contributed by atoms with E-state index in [0.29, 0.717) is 11.2 Å². The molecule has 0 aliphatic rings. The minimum Gasteiger partial charge on any atom is -0.505 e. The van der Waals surface area contributed by atoms with Crippen LogP contribution in [0.4, 0.5) is 0 Å². The molecule has 0 atom stereocenters. The molecular formula is C6H4N3O. The van der Waals surface area contributed by atoms with Gasteiger partial charge in [-0.25, -0.2) is 9.97 Å². The Morgan fingerprint density at radius 2 is 2.50 bits per heavy atom. The zero-order valence-electron chi connectivity index (χ0n) is 5.00. The number of aromatic nitrogens is 3. The number of rotatable bonds is 0. The minimum atomic E-state index is 0.127. The quantitative estimate of drug-likeness (QED) is 0.550. The lowest BCUT2D eigenvalue weighted by atomic mass is 10.4. The number of H-pyrrole nitrogens is 1. The largest absolute Gasteiger partial charge is 0.505 e. The summed E-state index contributed by atoms with van der Waals surface area (Å²) < 4.78 is 0. The Labute approximate surface area is 56.6 Å². The van der Waals surface area contributed by atoms with Gasteiger partial charge in [-0.05, 0) is 0 Å². The highest BCUT2D eigenvalue weighted by atomic mass is 16.3. The second-order valence-corrected chi connectivity index (χ2v) is 1.88. The molecule has 2 aromatic rings. The van der Waals surface area contributed by atoms with Gasteiger partial charge >= 0.3 is 0 Å². The summed E-state index contributed by atoms with van der Waals surface area (Å²) in [5.41, 5.74) is 1.02. The molecule has 0 aliphatic carbocycles. The van der Waals surface area contributed by atoms with Crippen LogP contribution in [0.25, 0.3) is 11.2 Å². The van der Waals surface area contributed by atoms with Gasteiger partial charge in [-0.2, -0.15) is 0 Å². The third kappa shape index (κ3) is 0.556. The molecule has 0 aromatic carbocycles. The fraction of sp³-hybridized carbons (Fsp3) is 0. The van der Waals surface area contributed by atoms with E-state index in [9.17, 15) is 0 Å². The van der Waals surface area contributed by atoms with E-state index in [1.54, 1.807) is 0 Å². The van der Waals surface area contributed by atoms with Crippen molar-refractivity contribution in [2.24, 2.45) is 0 Å². The number of nitrogens with one attached hydrogen (secondary N) is 1. The molecule has 0 amide bonds. The van der Waals surface area contributed by atoms with Crippen LogP contribution in [0.1, 0.15) is 0 Å². The molecular weight excluding hydrogens is 130 g/mol. The first-order chi connectivity index (χ1) is 4.88. The lowest BCUT2D eigenvalue weighted by molar-refractivity contribution is 0.480. The van der Waals surface area contributed by atoms with Crippen molar-refractivity contribution in [3.8, 4) is 5.75 Å². The van der Waals surface area contributed by atoms with Crippen LogP contribution in [0.2, 0.25) is 0 Å². The number of nitrogens with zero attached hydrogens (tertiary/aromatic N) is 2. The molecule has 2 aromatic heterocycles. The Bertz CT molecular complexity index is 355. The van der Waals surface area contributed by atoms with Gasteiger partial charge in [0.25, 0.3) is 0 Å². The van der Waals surface area contributed by atoms with Crippen molar-refractivity contribution in [2.75, 3.05) is 0 Å². The number of fused-ring (bicyclic) bond motifs is 1.